The number of pyridine rings is 2. The number of aromatic nitrogens is 6. The van der Waals surface area contributed by atoms with Crippen molar-refractivity contribution in [3.63, 3.8) is 0 Å². The lowest BCUT2D eigenvalue weighted by Crippen LogP contribution is -2.48. The molecule has 1 N–H and O–H groups in total. The van der Waals surface area contributed by atoms with Crippen LogP contribution in [0.25, 0.3) is 76.0 Å². The van der Waals surface area contributed by atoms with Crippen LogP contribution in [0.3, 0.4) is 0 Å². The van der Waals surface area contributed by atoms with Crippen molar-refractivity contribution < 1.29 is 32.2 Å². The summed E-state index contributed by atoms with van der Waals surface area (Å²) in [5, 5.41) is 20.6. The fourth-order valence-electron chi connectivity index (χ4n) is 11.3. The number of hydrogen-bond donors (Lipinski definition) is 1. The van der Waals surface area contributed by atoms with Gasteiger partial charge in [0.2, 0.25) is 0 Å². The van der Waals surface area contributed by atoms with E-state index in [9.17, 15) is 29.0 Å². The highest BCUT2D eigenvalue weighted by molar-refractivity contribution is 6.76. The number of para-hydroxylation sites is 2. The number of nitrogens with zero attached hydrogens (tertiary/aromatic N) is 13. The van der Waals surface area contributed by atoms with Crippen molar-refractivity contribution in [2.24, 2.45) is 5.11 Å². The van der Waals surface area contributed by atoms with Gasteiger partial charge in [-0.25, -0.2) is 38.3 Å². The maximum absolute atomic E-state index is 14.1. The molecule has 24 heteroatoms. The highest BCUT2D eigenvalue weighted by Crippen LogP contribution is 2.33. The van der Waals surface area contributed by atoms with Gasteiger partial charge in [0.15, 0.2) is 11.0 Å². The molecule has 2 aliphatic rings. The monoisotopic (exact) mass is 1240 g/mol. The molecule has 2 unspecified atom stereocenters. The van der Waals surface area contributed by atoms with Gasteiger partial charge in [-0.3, -0.25) is 9.80 Å². The van der Waals surface area contributed by atoms with Gasteiger partial charge in [-0.2, -0.15) is 0 Å². The quantitative estimate of drug-likeness (QED) is 0.0199. The van der Waals surface area contributed by atoms with Crippen LogP contribution < -0.4 is 21.1 Å². The summed E-state index contributed by atoms with van der Waals surface area (Å²) in [7, 11) is -2.62. The Labute approximate surface area is 511 Å². The minimum absolute atomic E-state index is 0. The molecule has 6 aromatic heterocycles. The van der Waals surface area contributed by atoms with Crippen LogP contribution in [0, 0.1) is 11.6 Å². The van der Waals surface area contributed by atoms with Gasteiger partial charge in [0.1, 0.15) is 71.7 Å². The van der Waals surface area contributed by atoms with E-state index in [1.54, 1.807) is 36.7 Å². The van der Waals surface area contributed by atoms with Crippen LogP contribution in [0.5, 0.6) is 0 Å². The van der Waals surface area contributed by atoms with Gasteiger partial charge in [-0.05, 0) is 89.1 Å². The van der Waals surface area contributed by atoms with E-state index < -0.39 is 39.5 Å². The molecule has 0 aliphatic carbocycles. The van der Waals surface area contributed by atoms with E-state index in [4.69, 9.17) is 23.3 Å². The first kappa shape index (κ1) is 64.5. The number of halogens is 2. The zero-order valence-corrected chi connectivity index (χ0v) is 51.3. The maximum atomic E-state index is 14.1. The Morgan fingerprint density at radius 3 is 1.49 bits per heavy atom. The molecule has 0 amide bonds. The number of aliphatic hydroxyl groups excluding tert-OH is 1. The lowest BCUT2D eigenvalue weighted by Gasteiger charge is -2.36. The standard InChI is InChI=1S/C31H35FN8O3Si.C31H36FN5O4Si.2CH4/c1-44(2,3)17-16-42-20-40-28-23-6-4-5-7-26(23)43-31(41)27(28)35-30(40)25(36-37-33)19-38-12-14-39(15-13-38)29-24-18-22(32)9-8-21(24)10-11-34-29;1-42(2,3)17-16-40-20-37-28-23-6-4-5-7-26(23)41-31(39)27(28)34-30(37)25(38)19-35-12-14-36(15-13-35)29-24-18-22(32)9-8-21(24)10-11-33-29;;/h4-11,18,25H,12-17,19-20H2,1-3H3;4-11,18,25,38H,12-17,19-20H2,1-3H3;2*1H4. The van der Waals surface area contributed by atoms with Gasteiger partial charge in [0.05, 0.1) is 11.0 Å². The molecule has 464 valence electrons. The summed E-state index contributed by atoms with van der Waals surface area (Å²) in [4.78, 5) is 56.3. The molecule has 2 atom stereocenters. The fraction of sp³-hybridized carbons (Fsp3) is 0.406. The first-order valence-corrected chi connectivity index (χ1v) is 36.6. The Balaban J connectivity index is 0.000000205. The van der Waals surface area contributed by atoms with E-state index in [1.807, 2.05) is 57.7 Å². The van der Waals surface area contributed by atoms with Gasteiger partial charge >= 0.3 is 11.3 Å². The number of azide groups is 1. The third-order valence-corrected chi connectivity index (χ3v) is 19.3. The van der Waals surface area contributed by atoms with Crippen LogP contribution in [-0.4, -0.2) is 139 Å². The van der Waals surface area contributed by atoms with Crippen LogP contribution in [0.15, 0.2) is 133 Å². The molecular weight excluding hydrogens is 1160 g/mol. The highest BCUT2D eigenvalue weighted by Gasteiger charge is 2.30. The van der Waals surface area contributed by atoms with Gasteiger partial charge in [0.25, 0.3) is 0 Å². The molecule has 4 aromatic carbocycles. The largest absolute Gasteiger partial charge is 0.421 e. The third kappa shape index (κ3) is 14.5. The predicted molar refractivity (Wildman–Crippen MR) is 351 cm³/mol. The molecule has 8 heterocycles. The predicted octanol–water partition coefficient (Wildman–Crippen LogP) is 12.6. The first-order valence-electron chi connectivity index (χ1n) is 29.1. The van der Waals surface area contributed by atoms with Crippen molar-refractivity contribution in [2.75, 3.05) is 88.5 Å². The van der Waals surface area contributed by atoms with Crippen LogP contribution in [0.4, 0.5) is 20.4 Å². The van der Waals surface area contributed by atoms with Crippen molar-refractivity contribution in [1.29, 1.82) is 0 Å². The lowest BCUT2D eigenvalue weighted by molar-refractivity contribution is 0.0666. The zero-order valence-electron chi connectivity index (χ0n) is 49.3. The topological polar surface area (TPSA) is 222 Å². The summed E-state index contributed by atoms with van der Waals surface area (Å²) < 4.78 is 55.1. The van der Waals surface area contributed by atoms with Gasteiger partial charge in [0, 0.05) is 134 Å². The molecule has 12 rings (SSSR count). The first-order chi connectivity index (χ1) is 41.4. The summed E-state index contributed by atoms with van der Waals surface area (Å²) in [6.07, 6.45) is 2.55. The van der Waals surface area contributed by atoms with Crippen molar-refractivity contribution in [1.82, 2.24) is 38.9 Å². The fourth-order valence-corrected chi connectivity index (χ4v) is 12.8. The van der Waals surface area contributed by atoms with Crippen LogP contribution in [0.1, 0.15) is 38.6 Å². The smallest absolute Gasteiger partial charge is 0.364 e. The number of piperazine rings is 2. The number of imidazole rings is 2. The highest BCUT2D eigenvalue weighted by atomic mass is 28.3. The third-order valence-electron chi connectivity index (χ3n) is 15.9. The number of aliphatic hydroxyl groups is 1. The number of ether oxygens (including phenoxy) is 2. The van der Waals surface area contributed by atoms with Gasteiger partial charge in [-0.15, -0.1) is 0 Å². The number of benzene rings is 4. The Hall–Kier alpha value is -7.94. The number of fused-ring (bicyclic) bond motifs is 8. The second-order valence-corrected chi connectivity index (χ2v) is 35.7. The molecule has 0 bridgehead atoms. The summed E-state index contributed by atoms with van der Waals surface area (Å²) >= 11 is 0. The second-order valence-electron chi connectivity index (χ2n) is 24.5. The summed E-state index contributed by atoms with van der Waals surface area (Å²) in [5.41, 5.74) is 11.0. The van der Waals surface area contributed by atoms with Crippen molar-refractivity contribution in [3.8, 4) is 0 Å². The van der Waals surface area contributed by atoms with E-state index in [0.29, 0.717) is 113 Å². The van der Waals surface area contributed by atoms with Crippen molar-refractivity contribution >= 4 is 93.3 Å². The van der Waals surface area contributed by atoms with E-state index in [1.165, 1.54) is 24.3 Å². The number of anilines is 2. The van der Waals surface area contributed by atoms with E-state index in [0.717, 1.165) is 56.0 Å². The molecular formula is C64H79F2N13O7Si2. The molecule has 20 nitrogen and oxygen atoms in total. The lowest BCUT2D eigenvalue weighted by atomic mass is 10.1. The zero-order chi connectivity index (χ0) is 60.3. The molecule has 88 heavy (non-hydrogen) atoms. The molecule has 2 fully saturated rings. The molecule has 10 aromatic rings. The van der Waals surface area contributed by atoms with Crippen molar-refractivity contribution in [3.05, 3.63) is 164 Å². The molecule has 0 spiro atoms. The average Bonchev–Trinajstić information content (AvgIpc) is 1.86. The molecule has 0 radical (unpaired) electrons. The van der Waals surface area contributed by atoms with E-state index >= 15 is 0 Å². The molecule has 0 saturated carbocycles. The second kappa shape index (κ2) is 27.6. The SMILES string of the molecule is C.C.C[Si](C)(C)CCOCn1c(C(CN2CCN(c3nccc4ccc(F)cc34)CC2)N=[N+]=[N-])nc2c(=O)oc3ccccc3c21.C[Si](C)(C)CCOCn1c(C(O)CN2CCN(c3nccc4ccc(F)cc34)CC2)nc2c(=O)oc3ccccc3c21. The van der Waals surface area contributed by atoms with Crippen molar-refractivity contribution in [2.45, 2.75) is 91.8 Å². The summed E-state index contributed by atoms with van der Waals surface area (Å²) in [6, 6.07) is 29.3. The molecule has 2 aliphatic heterocycles. The Bertz CT molecular complexity index is 4260. The maximum Gasteiger partial charge on any atom is 0.364 e. The summed E-state index contributed by atoms with van der Waals surface area (Å²) in [6.45, 7) is 21.4. The molecule has 2 saturated heterocycles. The average molecular weight is 1240 g/mol. The minimum Gasteiger partial charge on any atom is -0.421 e. The van der Waals surface area contributed by atoms with Crippen LogP contribution in [-0.2, 0) is 22.9 Å². The van der Waals surface area contributed by atoms with E-state index in [-0.39, 0.29) is 51.0 Å². The number of hydrogen-bond acceptors (Lipinski definition) is 16. The Morgan fingerprint density at radius 2 is 1.03 bits per heavy atom. The van der Waals surface area contributed by atoms with Crippen LogP contribution >= 0.6 is 0 Å². The normalized spacial score (nSPS) is 15.1. The Morgan fingerprint density at radius 1 is 0.602 bits per heavy atom. The van der Waals surface area contributed by atoms with E-state index in [2.05, 4.69) is 83.9 Å². The summed E-state index contributed by atoms with van der Waals surface area (Å²) in [5.74, 6) is 1.79. The Kier molecular flexibility index (Phi) is 20.3. The number of rotatable bonds is 19. The number of β-amino-alcohol motifs (C(OH)–C–C–N with tert-alkyl or cyclic N) is 1. The van der Waals surface area contributed by atoms with Gasteiger partial charge < -0.3 is 42.3 Å². The minimum atomic E-state index is -1.33. The van der Waals surface area contributed by atoms with Gasteiger partial charge in [-0.1, -0.05) is 95.6 Å². The van der Waals surface area contributed by atoms with Crippen LogP contribution in [0.2, 0.25) is 51.4 Å².